The van der Waals surface area contributed by atoms with Crippen molar-refractivity contribution >= 4 is 23.3 Å². The third-order valence-corrected chi connectivity index (χ3v) is 3.91. The second-order valence-corrected chi connectivity index (χ2v) is 5.29. The fraction of sp³-hybridized carbons (Fsp3) is 0.286. The van der Waals surface area contributed by atoms with Crippen LogP contribution in [0.5, 0.6) is 0 Å². The van der Waals surface area contributed by atoms with Crippen LogP contribution in [0.25, 0.3) is 0 Å². The standard InChI is InChI=1S/C14H15NO5S/c1-19-14(18)13-9(4-5-20-13)8-15-10(7-12(16)17)11-3-2-6-21-11/h2-6,10,15H,7-8H2,1H3,(H,16,17). The van der Waals surface area contributed by atoms with Crippen molar-refractivity contribution in [3.05, 3.63) is 46.0 Å². The van der Waals surface area contributed by atoms with Crippen LogP contribution < -0.4 is 5.32 Å². The van der Waals surface area contributed by atoms with Gasteiger partial charge in [-0.05, 0) is 17.5 Å². The molecule has 0 aliphatic rings. The molecule has 0 fully saturated rings. The molecule has 2 heterocycles. The molecule has 1 atom stereocenters. The summed E-state index contributed by atoms with van der Waals surface area (Å²) in [7, 11) is 1.28. The summed E-state index contributed by atoms with van der Waals surface area (Å²) >= 11 is 1.48. The lowest BCUT2D eigenvalue weighted by molar-refractivity contribution is -0.137. The van der Waals surface area contributed by atoms with Crippen LogP contribution in [-0.2, 0) is 16.1 Å². The van der Waals surface area contributed by atoms with Gasteiger partial charge in [0.15, 0.2) is 0 Å². The summed E-state index contributed by atoms with van der Waals surface area (Å²) in [6.07, 6.45) is 1.37. The number of carbonyl (C=O) groups excluding carboxylic acids is 1. The molecule has 2 N–H and O–H groups in total. The van der Waals surface area contributed by atoms with Crippen molar-refractivity contribution in [2.75, 3.05) is 7.11 Å². The zero-order valence-corrected chi connectivity index (χ0v) is 12.2. The first kappa shape index (κ1) is 15.3. The van der Waals surface area contributed by atoms with E-state index >= 15 is 0 Å². The van der Waals surface area contributed by atoms with Gasteiger partial charge in [0.05, 0.1) is 25.8 Å². The maximum Gasteiger partial charge on any atom is 0.374 e. The molecule has 0 aliphatic heterocycles. The lowest BCUT2D eigenvalue weighted by atomic mass is 10.1. The number of methoxy groups -OCH3 is 1. The van der Waals surface area contributed by atoms with E-state index in [1.165, 1.54) is 24.7 Å². The average Bonchev–Trinajstić information content (AvgIpc) is 3.13. The lowest BCUT2D eigenvalue weighted by Gasteiger charge is -2.15. The van der Waals surface area contributed by atoms with Crippen molar-refractivity contribution in [1.29, 1.82) is 0 Å². The van der Waals surface area contributed by atoms with Gasteiger partial charge in [-0.1, -0.05) is 6.07 Å². The molecule has 7 heteroatoms. The maximum absolute atomic E-state index is 11.5. The summed E-state index contributed by atoms with van der Waals surface area (Å²) in [5, 5.41) is 14.0. The van der Waals surface area contributed by atoms with Crippen LogP contribution in [0.1, 0.15) is 33.5 Å². The van der Waals surface area contributed by atoms with Crippen LogP contribution >= 0.6 is 11.3 Å². The van der Waals surface area contributed by atoms with Crippen LogP contribution in [0, 0.1) is 0 Å². The van der Waals surface area contributed by atoms with Gasteiger partial charge >= 0.3 is 11.9 Å². The SMILES string of the molecule is COC(=O)c1occc1CNC(CC(=O)O)c1cccs1. The molecular formula is C14H15NO5S. The zero-order valence-electron chi connectivity index (χ0n) is 11.4. The molecule has 21 heavy (non-hydrogen) atoms. The first-order valence-corrected chi connectivity index (χ1v) is 7.13. The fourth-order valence-corrected chi connectivity index (χ4v) is 2.72. The molecular weight excluding hydrogens is 294 g/mol. The topological polar surface area (TPSA) is 88.8 Å². The molecule has 0 amide bonds. The van der Waals surface area contributed by atoms with Gasteiger partial charge in [-0.25, -0.2) is 4.79 Å². The summed E-state index contributed by atoms with van der Waals surface area (Å²) in [4.78, 5) is 23.4. The van der Waals surface area contributed by atoms with Crippen molar-refractivity contribution in [1.82, 2.24) is 5.32 Å². The third-order valence-electron chi connectivity index (χ3n) is 2.92. The van der Waals surface area contributed by atoms with Crippen LogP contribution in [0.2, 0.25) is 0 Å². The van der Waals surface area contributed by atoms with Crippen LogP contribution in [0.3, 0.4) is 0 Å². The first-order valence-electron chi connectivity index (χ1n) is 6.25. The Hall–Kier alpha value is -2.12. The van der Waals surface area contributed by atoms with Gasteiger partial charge in [0.25, 0.3) is 0 Å². The summed E-state index contributed by atoms with van der Waals surface area (Å²) in [6, 6.07) is 5.09. The Labute approximate surface area is 125 Å². The number of aliphatic carboxylic acids is 1. The van der Waals surface area contributed by atoms with Gasteiger partial charge in [0.2, 0.25) is 5.76 Å². The minimum Gasteiger partial charge on any atom is -0.481 e. The van der Waals surface area contributed by atoms with Crippen LogP contribution in [0.15, 0.2) is 34.3 Å². The highest BCUT2D eigenvalue weighted by Crippen LogP contribution is 2.23. The Bertz CT molecular complexity index is 605. The Morgan fingerprint density at radius 3 is 2.90 bits per heavy atom. The van der Waals surface area contributed by atoms with Crippen LogP contribution in [-0.4, -0.2) is 24.2 Å². The highest BCUT2D eigenvalue weighted by molar-refractivity contribution is 7.10. The average molecular weight is 309 g/mol. The maximum atomic E-state index is 11.5. The molecule has 0 bridgehead atoms. The predicted molar refractivity (Wildman–Crippen MR) is 76.2 cm³/mol. The van der Waals surface area contributed by atoms with E-state index in [4.69, 9.17) is 9.52 Å². The molecule has 0 aromatic carbocycles. The number of ether oxygens (including phenoxy) is 1. The summed E-state index contributed by atoms with van der Waals surface area (Å²) in [6.45, 7) is 0.316. The molecule has 2 aromatic rings. The monoisotopic (exact) mass is 309 g/mol. The van der Waals surface area contributed by atoms with Gasteiger partial charge in [-0.3, -0.25) is 4.79 Å². The van der Waals surface area contributed by atoms with E-state index in [0.29, 0.717) is 12.1 Å². The highest BCUT2D eigenvalue weighted by Gasteiger charge is 2.19. The number of furan rings is 1. The lowest BCUT2D eigenvalue weighted by Crippen LogP contribution is -2.23. The van der Waals surface area contributed by atoms with Crippen molar-refractivity contribution < 1.29 is 23.8 Å². The number of esters is 1. The molecule has 1 unspecified atom stereocenters. The third kappa shape index (κ3) is 3.93. The van der Waals surface area contributed by atoms with E-state index in [2.05, 4.69) is 10.1 Å². The van der Waals surface area contributed by atoms with Crippen molar-refractivity contribution in [2.45, 2.75) is 19.0 Å². The van der Waals surface area contributed by atoms with Crippen molar-refractivity contribution in [3.8, 4) is 0 Å². The minimum absolute atomic E-state index is 0.0358. The number of carbonyl (C=O) groups is 2. The molecule has 2 rings (SSSR count). The van der Waals surface area contributed by atoms with Gasteiger partial charge < -0.3 is 19.6 Å². The van der Waals surface area contributed by atoms with E-state index in [-0.39, 0.29) is 18.2 Å². The second-order valence-electron chi connectivity index (χ2n) is 4.31. The van der Waals surface area contributed by atoms with Gasteiger partial charge in [-0.2, -0.15) is 0 Å². The Morgan fingerprint density at radius 2 is 2.29 bits per heavy atom. The largest absolute Gasteiger partial charge is 0.481 e. The number of hydrogen-bond acceptors (Lipinski definition) is 6. The molecule has 6 nitrogen and oxygen atoms in total. The highest BCUT2D eigenvalue weighted by atomic mass is 32.1. The molecule has 0 saturated carbocycles. The van der Waals surface area contributed by atoms with E-state index in [0.717, 1.165) is 4.88 Å². The van der Waals surface area contributed by atoms with Crippen molar-refractivity contribution in [2.24, 2.45) is 0 Å². The molecule has 0 aliphatic carbocycles. The molecule has 2 aromatic heterocycles. The smallest absolute Gasteiger partial charge is 0.374 e. The normalized spacial score (nSPS) is 12.0. The molecule has 0 spiro atoms. The van der Waals surface area contributed by atoms with E-state index in [9.17, 15) is 9.59 Å². The number of nitrogens with one attached hydrogen (secondary N) is 1. The van der Waals surface area contributed by atoms with Gasteiger partial charge in [0.1, 0.15) is 0 Å². The quantitative estimate of drug-likeness (QED) is 0.764. The number of carboxylic acid groups (broad SMARTS) is 1. The Kier molecular flexibility index (Phi) is 5.13. The number of rotatable bonds is 7. The van der Waals surface area contributed by atoms with E-state index < -0.39 is 11.9 Å². The van der Waals surface area contributed by atoms with E-state index in [1.54, 1.807) is 6.07 Å². The molecule has 0 saturated heterocycles. The second kappa shape index (κ2) is 7.05. The van der Waals surface area contributed by atoms with Crippen molar-refractivity contribution in [3.63, 3.8) is 0 Å². The minimum atomic E-state index is -0.888. The van der Waals surface area contributed by atoms with Crippen LogP contribution in [0.4, 0.5) is 0 Å². The number of hydrogen-bond donors (Lipinski definition) is 2. The van der Waals surface area contributed by atoms with Gasteiger partial charge in [-0.15, -0.1) is 11.3 Å². The van der Waals surface area contributed by atoms with E-state index in [1.807, 2.05) is 17.5 Å². The predicted octanol–water partition coefficient (Wildman–Crippen LogP) is 2.43. The molecule has 0 radical (unpaired) electrons. The number of thiophene rings is 1. The number of carboxylic acids is 1. The Balaban J connectivity index is 2.07. The Morgan fingerprint density at radius 1 is 1.48 bits per heavy atom. The van der Waals surface area contributed by atoms with Gasteiger partial charge in [0, 0.05) is 17.0 Å². The zero-order chi connectivity index (χ0) is 15.2. The molecule has 112 valence electrons. The summed E-state index contributed by atoms with van der Waals surface area (Å²) in [5.74, 6) is -1.31. The summed E-state index contributed by atoms with van der Waals surface area (Å²) in [5.41, 5.74) is 0.633. The summed E-state index contributed by atoms with van der Waals surface area (Å²) < 4.78 is 9.72. The fourth-order valence-electron chi connectivity index (χ4n) is 1.92. The first-order chi connectivity index (χ1) is 10.1.